The summed E-state index contributed by atoms with van der Waals surface area (Å²) >= 11 is 1.13. The summed E-state index contributed by atoms with van der Waals surface area (Å²) in [5.74, 6) is -2.23. The van der Waals surface area contributed by atoms with Gasteiger partial charge >= 0.3 is 12.0 Å². The molecule has 4 rings (SSSR count). The van der Waals surface area contributed by atoms with Crippen LogP contribution < -0.4 is 16.8 Å². The van der Waals surface area contributed by atoms with Gasteiger partial charge in [0.25, 0.3) is 0 Å². The second-order valence-corrected chi connectivity index (χ2v) is 11.8. The lowest BCUT2D eigenvalue weighted by atomic mass is 9.98. The molecule has 13 heteroatoms. The number of imide groups is 1. The minimum atomic E-state index is -0.834. The molecule has 2 aromatic carbocycles. The van der Waals surface area contributed by atoms with Crippen molar-refractivity contribution in [3.05, 3.63) is 64.7 Å². The number of benzene rings is 2. The first-order valence-corrected chi connectivity index (χ1v) is 15.4. The van der Waals surface area contributed by atoms with E-state index in [0.717, 1.165) is 29.7 Å². The Bertz CT molecular complexity index is 1520. The van der Waals surface area contributed by atoms with E-state index in [1.807, 2.05) is 37.3 Å². The van der Waals surface area contributed by atoms with E-state index in [1.165, 1.54) is 12.0 Å². The van der Waals surface area contributed by atoms with Crippen LogP contribution in [0.1, 0.15) is 51.9 Å². The number of aromatic nitrogens is 1. The fraction of sp³-hybridized carbons (Fsp3) is 0.419. The Kier molecular flexibility index (Phi) is 11.0. The lowest BCUT2D eigenvalue weighted by Crippen LogP contribution is -2.55. The SMILES string of the molecule is CN[C@H](Cc1ccccc1)C(=O)N(C[C@H](CCN=C(N)N)C(=O)c1nc2ccc(C(=O)OC)cc2s1)C(=O)N1CCC[C@H]1C. The number of carbonyl (C=O) groups is 4. The topological polar surface area (TPSA) is 173 Å². The van der Waals surface area contributed by atoms with Gasteiger partial charge in [0.2, 0.25) is 5.91 Å². The first-order chi connectivity index (χ1) is 21.1. The van der Waals surface area contributed by atoms with Crippen LogP contribution in [0.3, 0.4) is 0 Å². The Morgan fingerprint density at radius 2 is 1.93 bits per heavy atom. The van der Waals surface area contributed by atoms with Crippen LogP contribution in [-0.2, 0) is 16.0 Å². The average molecular weight is 622 g/mol. The van der Waals surface area contributed by atoms with E-state index in [2.05, 4.69) is 15.3 Å². The molecular weight excluding hydrogens is 582 g/mol. The molecule has 3 aromatic rings. The molecular formula is C31H39N7O5S. The Labute approximate surface area is 260 Å². The van der Waals surface area contributed by atoms with Gasteiger partial charge in [0.1, 0.15) is 0 Å². The molecule has 1 aromatic heterocycles. The molecule has 0 aliphatic carbocycles. The fourth-order valence-electron chi connectivity index (χ4n) is 5.31. The Morgan fingerprint density at radius 3 is 2.57 bits per heavy atom. The zero-order valence-corrected chi connectivity index (χ0v) is 26.0. The molecule has 1 fully saturated rings. The number of fused-ring (bicyclic) bond motifs is 1. The van der Waals surface area contributed by atoms with E-state index in [-0.39, 0.29) is 42.3 Å². The van der Waals surface area contributed by atoms with Crippen LogP contribution in [0.4, 0.5) is 4.79 Å². The lowest BCUT2D eigenvalue weighted by Gasteiger charge is -2.33. The highest BCUT2D eigenvalue weighted by molar-refractivity contribution is 7.20. The molecule has 0 radical (unpaired) electrons. The number of nitrogens with two attached hydrogens (primary N) is 2. The normalized spacial score (nSPS) is 15.9. The van der Waals surface area contributed by atoms with E-state index in [1.54, 1.807) is 30.1 Å². The number of aliphatic imine (C=N–C) groups is 1. The van der Waals surface area contributed by atoms with Gasteiger partial charge in [-0.1, -0.05) is 30.3 Å². The Balaban J connectivity index is 1.68. The maximum atomic E-state index is 14.1. The van der Waals surface area contributed by atoms with Gasteiger partial charge in [0, 0.05) is 31.6 Å². The number of nitrogens with one attached hydrogen (secondary N) is 1. The van der Waals surface area contributed by atoms with Crippen molar-refractivity contribution in [3.63, 3.8) is 0 Å². The monoisotopic (exact) mass is 621 g/mol. The van der Waals surface area contributed by atoms with Crippen LogP contribution in [0, 0.1) is 5.92 Å². The minimum absolute atomic E-state index is 0.0379. The average Bonchev–Trinajstić information content (AvgIpc) is 3.66. The number of amides is 3. The highest BCUT2D eigenvalue weighted by Gasteiger charge is 2.38. The van der Waals surface area contributed by atoms with Crippen LogP contribution in [0.5, 0.6) is 0 Å². The number of Topliss-reactive ketones (excluding diaryl/α,β-unsaturated/α-hetero) is 1. The van der Waals surface area contributed by atoms with Crippen LogP contribution in [-0.4, -0.2) is 90.3 Å². The number of hydrogen-bond donors (Lipinski definition) is 3. The third-order valence-electron chi connectivity index (χ3n) is 7.79. The number of likely N-dealkylation sites (N-methyl/N-ethyl adjacent to an activating group) is 1. The highest BCUT2D eigenvalue weighted by Crippen LogP contribution is 2.28. The van der Waals surface area contributed by atoms with Crippen molar-refractivity contribution in [2.24, 2.45) is 22.4 Å². The number of ether oxygens (including phenoxy) is 1. The van der Waals surface area contributed by atoms with E-state index in [4.69, 9.17) is 16.2 Å². The number of carbonyl (C=O) groups excluding carboxylic acids is 4. The van der Waals surface area contributed by atoms with Crippen LogP contribution >= 0.6 is 11.3 Å². The number of methoxy groups -OCH3 is 1. The maximum Gasteiger partial charge on any atom is 0.337 e. The van der Waals surface area contributed by atoms with Crippen molar-refractivity contribution in [2.45, 2.75) is 44.7 Å². The quantitative estimate of drug-likeness (QED) is 0.119. The summed E-state index contributed by atoms with van der Waals surface area (Å²) < 4.78 is 5.44. The summed E-state index contributed by atoms with van der Waals surface area (Å²) in [7, 11) is 2.97. The molecule has 12 nitrogen and oxygen atoms in total. The van der Waals surface area contributed by atoms with E-state index < -0.39 is 29.9 Å². The number of esters is 1. The molecule has 2 heterocycles. The van der Waals surface area contributed by atoms with Gasteiger partial charge in [-0.3, -0.25) is 19.5 Å². The zero-order chi connectivity index (χ0) is 31.8. The number of rotatable bonds is 12. The van der Waals surface area contributed by atoms with E-state index >= 15 is 0 Å². The molecule has 1 aliphatic rings. The third kappa shape index (κ3) is 7.77. The summed E-state index contributed by atoms with van der Waals surface area (Å²) in [5, 5.41) is 3.26. The first kappa shape index (κ1) is 32.6. The summed E-state index contributed by atoms with van der Waals surface area (Å²) in [6.45, 7) is 2.43. The molecule has 3 amide bonds. The van der Waals surface area contributed by atoms with Crippen molar-refractivity contribution in [3.8, 4) is 0 Å². The van der Waals surface area contributed by atoms with E-state index in [9.17, 15) is 19.2 Å². The maximum absolute atomic E-state index is 14.1. The molecule has 5 N–H and O–H groups in total. The number of hydrogen-bond acceptors (Lipinski definition) is 9. The number of ketones is 1. The Morgan fingerprint density at radius 1 is 1.18 bits per heavy atom. The molecule has 234 valence electrons. The van der Waals surface area contributed by atoms with Gasteiger partial charge in [-0.05, 0) is 63.4 Å². The molecule has 0 saturated carbocycles. The van der Waals surface area contributed by atoms with Gasteiger partial charge < -0.3 is 26.4 Å². The molecule has 1 saturated heterocycles. The molecule has 3 atom stereocenters. The number of urea groups is 1. The second kappa shape index (κ2) is 14.9. The molecule has 0 unspecified atom stereocenters. The molecule has 0 spiro atoms. The number of thiazole rings is 1. The third-order valence-corrected chi connectivity index (χ3v) is 8.82. The van der Waals surface area contributed by atoms with Crippen molar-refractivity contribution in [1.82, 2.24) is 20.1 Å². The standard InChI is InChI=1S/C31H39N7O5S/c1-19-8-7-15-37(19)31(42)38(28(40)24(34-2)16-20-9-5-4-6-10-20)18-22(13-14-35-30(32)33)26(39)27-36-23-12-11-21(29(41)43-3)17-25(23)44-27/h4-6,9-12,17,19,22,24,34H,7-8,13-16,18H2,1-3H3,(H4,32,33,35)/t19-,22+,24-/m1/s1. The molecule has 44 heavy (non-hydrogen) atoms. The zero-order valence-electron chi connectivity index (χ0n) is 25.2. The van der Waals surface area contributed by atoms with Crippen LogP contribution in [0.2, 0.25) is 0 Å². The van der Waals surface area contributed by atoms with Gasteiger partial charge in [-0.15, -0.1) is 11.3 Å². The smallest absolute Gasteiger partial charge is 0.337 e. The van der Waals surface area contributed by atoms with Crippen molar-refractivity contribution >= 4 is 51.2 Å². The highest BCUT2D eigenvalue weighted by atomic mass is 32.1. The second-order valence-electron chi connectivity index (χ2n) is 10.8. The predicted molar refractivity (Wildman–Crippen MR) is 170 cm³/mol. The van der Waals surface area contributed by atoms with Gasteiger partial charge in [-0.2, -0.15) is 0 Å². The Hall–Kier alpha value is -4.36. The van der Waals surface area contributed by atoms with Gasteiger partial charge in [0.15, 0.2) is 16.8 Å². The van der Waals surface area contributed by atoms with E-state index in [0.29, 0.717) is 28.7 Å². The summed E-state index contributed by atoms with van der Waals surface area (Å²) in [6, 6.07) is 13.2. The van der Waals surface area contributed by atoms with Gasteiger partial charge in [-0.25, -0.2) is 14.6 Å². The number of nitrogens with zero attached hydrogens (tertiary/aromatic N) is 4. The lowest BCUT2D eigenvalue weighted by molar-refractivity contribution is -0.131. The summed E-state index contributed by atoms with van der Waals surface area (Å²) in [4.78, 5) is 65.6. The van der Waals surface area contributed by atoms with Crippen molar-refractivity contribution < 1.29 is 23.9 Å². The molecule has 0 bridgehead atoms. The summed E-state index contributed by atoms with van der Waals surface area (Å²) in [5.41, 5.74) is 12.9. The first-order valence-electron chi connectivity index (χ1n) is 14.5. The molecule has 1 aliphatic heterocycles. The van der Waals surface area contributed by atoms with Crippen molar-refractivity contribution in [2.75, 3.05) is 33.8 Å². The van der Waals surface area contributed by atoms with Gasteiger partial charge in [0.05, 0.1) is 28.9 Å². The number of guanidine groups is 1. The van der Waals surface area contributed by atoms with Crippen molar-refractivity contribution in [1.29, 1.82) is 0 Å². The van der Waals surface area contributed by atoms with Crippen LogP contribution in [0.25, 0.3) is 10.2 Å². The number of likely N-dealkylation sites (tertiary alicyclic amines) is 1. The minimum Gasteiger partial charge on any atom is -0.465 e. The van der Waals surface area contributed by atoms with Crippen LogP contribution in [0.15, 0.2) is 53.5 Å². The largest absolute Gasteiger partial charge is 0.465 e. The summed E-state index contributed by atoms with van der Waals surface area (Å²) in [6.07, 6.45) is 2.21. The predicted octanol–water partition coefficient (Wildman–Crippen LogP) is 2.81. The fourth-order valence-corrected chi connectivity index (χ4v) is 6.33.